The van der Waals surface area contributed by atoms with Crippen molar-refractivity contribution >= 4 is 11.9 Å². The van der Waals surface area contributed by atoms with Gasteiger partial charge in [-0.15, -0.1) is 0 Å². The first kappa shape index (κ1) is 14.3. The lowest BCUT2D eigenvalue weighted by Gasteiger charge is -2.33. The molecule has 6 heteroatoms. The monoisotopic (exact) mass is 299 g/mol. The van der Waals surface area contributed by atoms with Crippen LogP contribution in [0, 0.1) is 0 Å². The van der Waals surface area contributed by atoms with E-state index in [1.54, 1.807) is 35.5 Å². The van der Waals surface area contributed by atoms with Gasteiger partial charge in [-0.25, -0.2) is 9.78 Å². The average molecular weight is 299 g/mol. The summed E-state index contributed by atoms with van der Waals surface area (Å²) in [7, 11) is 3.22. The molecule has 1 aromatic heterocycles. The Labute approximate surface area is 128 Å². The summed E-state index contributed by atoms with van der Waals surface area (Å²) in [5.74, 6) is -0.594. The molecular formula is C16H17N3O3. The van der Waals surface area contributed by atoms with E-state index < -0.39 is 12.0 Å². The second kappa shape index (κ2) is 5.63. The van der Waals surface area contributed by atoms with Crippen LogP contribution in [-0.2, 0) is 29.5 Å². The third kappa shape index (κ3) is 2.36. The maximum Gasteiger partial charge on any atom is 0.329 e. The number of rotatable bonds is 2. The van der Waals surface area contributed by atoms with Crippen LogP contribution < -0.4 is 0 Å². The standard InChI is InChI=1S/C16H17N3O3/c1-18-10-17-12-8-13(16(21)22-2)19(9-14(12)18)15(20)11-6-4-3-5-7-11/h3-7,10,13H,8-9H2,1-2H3. The van der Waals surface area contributed by atoms with Gasteiger partial charge in [0.25, 0.3) is 5.91 Å². The zero-order valence-electron chi connectivity index (χ0n) is 12.5. The molecule has 0 saturated carbocycles. The first-order valence-corrected chi connectivity index (χ1v) is 7.04. The van der Waals surface area contributed by atoms with Gasteiger partial charge in [0, 0.05) is 19.0 Å². The molecule has 0 N–H and O–H groups in total. The van der Waals surface area contributed by atoms with E-state index in [0.29, 0.717) is 18.5 Å². The molecule has 3 rings (SSSR count). The fraction of sp³-hybridized carbons (Fsp3) is 0.312. The molecule has 0 bridgehead atoms. The molecule has 6 nitrogen and oxygen atoms in total. The van der Waals surface area contributed by atoms with Crippen molar-refractivity contribution in [3.05, 3.63) is 53.6 Å². The van der Waals surface area contributed by atoms with E-state index in [0.717, 1.165) is 11.4 Å². The van der Waals surface area contributed by atoms with Gasteiger partial charge >= 0.3 is 5.97 Å². The molecule has 1 amide bonds. The predicted octanol–water partition coefficient (Wildman–Crippen LogP) is 1.16. The molecule has 1 aromatic carbocycles. The zero-order valence-corrected chi connectivity index (χ0v) is 12.5. The van der Waals surface area contributed by atoms with Crippen LogP contribution in [0.15, 0.2) is 36.7 Å². The van der Waals surface area contributed by atoms with Gasteiger partial charge in [-0.05, 0) is 12.1 Å². The minimum atomic E-state index is -0.639. The fourth-order valence-electron chi connectivity index (χ4n) is 2.75. The first-order valence-electron chi connectivity index (χ1n) is 7.04. The molecule has 2 aromatic rings. The minimum Gasteiger partial charge on any atom is -0.467 e. The van der Waals surface area contributed by atoms with Gasteiger partial charge in [0.15, 0.2) is 0 Å². The number of carbonyl (C=O) groups is 2. The summed E-state index contributed by atoms with van der Waals surface area (Å²) in [5.41, 5.74) is 2.35. The number of carbonyl (C=O) groups excluding carboxylic acids is 2. The Balaban J connectivity index is 1.97. The maximum absolute atomic E-state index is 12.8. The van der Waals surface area contributed by atoms with Gasteiger partial charge < -0.3 is 14.2 Å². The number of hydrogen-bond acceptors (Lipinski definition) is 4. The van der Waals surface area contributed by atoms with E-state index in [1.165, 1.54) is 7.11 Å². The normalized spacial score (nSPS) is 17.0. The summed E-state index contributed by atoms with van der Waals surface area (Å²) in [5, 5.41) is 0. The molecule has 1 aliphatic heterocycles. The third-order valence-corrected chi connectivity index (χ3v) is 3.98. The highest BCUT2D eigenvalue weighted by molar-refractivity contribution is 5.97. The number of methoxy groups -OCH3 is 1. The highest BCUT2D eigenvalue weighted by Gasteiger charge is 2.37. The summed E-state index contributed by atoms with van der Waals surface area (Å²) in [4.78, 5) is 30.7. The lowest BCUT2D eigenvalue weighted by molar-refractivity contribution is -0.146. The van der Waals surface area contributed by atoms with Crippen molar-refractivity contribution in [2.45, 2.75) is 19.0 Å². The molecule has 22 heavy (non-hydrogen) atoms. The number of esters is 1. The Hall–Kier alpha value is -2.63. The molecule has 1 atom stereocenters. The summed E-state index contributed by atoms with van der Waals surface area (Å²) in [6.45, 7) is 0.347. The molecule has 0 aliphatic carbocycles. The SMILES string of the molecule is COC(=O)C1Cc2ncn(C)c2CN1C(=O)c1ccccc1. The van der Waals surface area contributed by atoms with Gasteiger partial charge in [0.2, 0.25) is 0 Å². The van der Waals surface area contributed by atoms with Gasteiger partial charge in [0.05, 0.1) is 31.4 Å². The Morgan fingerprint density at radius 3 is 2.68 bits per heavy atom. The molecule has 1 aliphatic rings. The Kier molecular flexibility index (Phi) is 3.66. The Bertz CT molecular complexity index is 709. The largest absolute Gasteiger partial charge is 0.467 e. The highest BCUT2D eigenvalue weighted by atomic mass is 16.5. The fourth-order valence-corrected chi connectivity index (χ4v) is 2.75. The smallest absolute Gasteiger partial charge is 0.329 e. The zero-order chi connectivity index (χ0) is 15.7. The quantitative estimate of drug-likeness (QED) is 0.781. The van der Waals surface area contributed by atoms with E-state index in [9.17, 15) is 9.59 Å². The van der Waals surface area contributed by atoms with Crippen LogP contribution in [0.5, 0.6) is 0 Å². The number of benzene rings is 1. The third-order valence-electron chi connectivity index (χ3n) is 3.98. The van der Waals surface area contributed by atoms with Crippen LogP contribution in [0.2, 0.25) is 0 Å². The average Bonchev–Trinajstić information content (AvgIpc) is 2.93. The number of aryl methyl sites for hydroxylation is 1. The van der Waals surface area contributed by atoms with Gasteiger partial charge in [-0.3, -0.25) is 4.79 Å². The molecule has 2 heterocycles. The van der Waals surface area contributed by atoms with Gasteiger partial charge in [0.1, 0.15) is 6.04 Å². The number of ether oxygens (including phenoxy) is 1. The van der Waals surface area contributed by atoms with Crippen LogP contribution in [0.3, 0.4) is 0 Å². The van der Waals surface area contributed by atoms with Crippen LogP contribution in [-0.4, -0.2) is 39.5 Å². The molecule has 0 radical (unpaired) electrons. The summed E-state index contributed by atoms with van der Waals surface area (Å²) >= 11 is 0. The van der Waals surface area contributed by atoms with Gasteiger partial charge in [-0.1, -0.05) is 18.2 Å². The van der Waals surface area contributed by atoms with E-state index in [2.05, 4.69) is 4.98 Å². The van der Waals surface area contributed by atoms with Crippen molar-refractivity contribution in [2.24, 2.45) is 7.05 Å². The number of imidazole rings is 1. The van der Waals surface area contributed by atoms with Crippen LogP contribution in [0.25, 0.3) is 0 Å². The second-order valence-corrected chi connectivity index (χ2v) is 5.29. The molecule has 1 unspecified atom stereocenters. The number of hydrogen-bond donors (Lipinski definition) is 0. The summed E-state index contributed by atoms with van der Waals surface area (Å²) in [6, 6.07) is 8.31. The minimum absolute atomic E-state index is 0.178. The van der Waals surface area contributed by atoms with E-state index >= 15 is 0 Å². The number of amides is 1. The lowest BCUT2D eigenvalue weighted by atomic mass is 10.0. The molecule has 0 saturated heterocycles. The number of fused-ring (bicyclic) bond motifs is 1. The van der Waals surface area contributed by atoms with E-state index in [4.69, 9.17) is 4.74 Å². The van der Waals surface area contributed by atoms with Crippen LogP contribution in [0.1, 0.15) is 21.7 Å². The highest BCUT2D eigenvalue weighted by Crippen LogP contribution is 2.24. The van der Waals surface area contributed by atoms with Gasteiger partial charge in [-0.2, -0.15) is 0 Å². The lowest BCUT2D eigenvalue weighted by Crippen LogP contribution is -2.49. The topological polar surface area (TPSA) is 64.4 Å². The second-order valence-electron chi connectivity index (χ2n) is 5.29. The van der Waals surface area contributed by atoms with Crippen molar-refractivity contribution in [3.8, 4) is 0 Å². The van der Waals surface area contributed by atoms with Crippen molar-refractivity contribution in [1.82, 2.24) is 14.5 Å². The number of aromatic nitrogens is 2. The van der Waals surface area contributed by atoms with Crippen LogP contribution >= 0.6 is 0 Å². The Morgan fingerprint density at radius 1 is 1.27 bits per heavy atom. The molecule has 0 spiro atoms. The van der Waals surface area contributed by atoms with Crippen LogP contribution in [0.4, 0.5) is 0 Å². The van der Waals surface area contributed by atoms with E-state index in [1.807, 2.05) is 17.7 Å². The molecular weight excluding hydrogens is 282 g/mol. The Morgan fingerprint density at radius 2 is 2.00 bits per heavy atom. The van der Waals surface area contributed by atoms with E-state index in [-0.39, 0.29) is 5.91 Å². The van der Waals surface area contributed by atoms with Crippen molar-refractivity contribution in [2.75, 3.05) is 7.11 Å². The predicted molar refractivity (Wildman–Crippen MR) is 79.0 cm³/mol. The maximum atomic E-state index is 12.8. The first-order chi connectivity index (χ1) is 10.6. The van der Waals surface area contributed by atoms with Crippen molar-refractivity contribution < 1.29 is 14.3 Å². The molecule has 0 fully saturated rings. The summed E-state index contributed by atoms with van der Waals surface area (Å²) in [6.07, 6.45) is 2.08. The summed E-state index contributed by atoms with van der Waals surface area (Å²) < 4.78 is 6.74. The van der Waals surface area contributed by atoms with Crippen molar-refractivity contribution in [3.63, 3.8) is 0 Å². The number of nitrogens with zero attached hydrogens (tertiary/aromatic N) is 3. The molecule has 114 valence electrons. The van der Waals surface area contributed by atoms with Crippen molar-refractivity contribution in [1.29, 1.82) is 0 Å².